The molecule has 7 heteroatoms. The predicted molar refractivity (Wildman–Crippen MR) is 145 cm³/mol. The average molecular weight is 512 g/mol. The van der Waals surface area contributed by atoms with Gasteiger partial charge in [0.1, 0.15) is 23.1 Å². The summed E-state index contributed by atoms with van der Waals surface area (Å²) in [7, 11) is 0. The van der Waals surface area contributed by atoms with Gasteiger partial charge < -0.3 is 14.1 Å². The van der Waals surface area contributed by atoms with Gasteiger partial charge in [0, 0.05) is 37.2 Å². The summed E-state index contributed by atoms with van der Waals surface area (Å²) in [5, 5.41) is 1.08. The Hall–Kier alpha value is -3.45. The van der Waals surface area contributed by atoms with Gasteiger partial charge in [-0.25, -0.2) is 0 Å². The van der Waals surface area contributed by atoms with Gasteiger partial charge in [0.2, 0.25) is 0 Å². The number of hydrogen-bond donors (Lipinski definition) is 0. The van der Waals surface area contributed by atoms with Crippen LogP contribution in [0.5, 0.6) is 0 Å². The fourth-order valence-corrected chi connectivity index (χ4v) is 6.71. The number of fused-ring (bicyclic) bond motifs is 1. The molecule has 196 valence electrons. The highest BCUT2D eigenvalue weighted by atomic mass is 16.5. The summed E-state index contributed by atoms with van der Waals surface area (Å²) in [6.45, 7) is 2.69. The molecule has 1 spiro atoms. The molecule has 0 radical (unpaired) electrons. The van der Waals surface area contributed by atoms with Gasteiger partial charge in [-0.15, -0.1) is 0 Å². The number of benzene rings is 2. The second-order valence-electron chi connectivity index (χ2n) is 11.3. The van der Waals surface area contributed by atoms with Crippen molar-refractivity contribution in [2.75, 3.05) is 26.2 Å². The number of ether oxygens (including phenoxy) is 1. The molecular formula is C31H33N3O4. The first-order valence-electron chi connectivity index (χ1n) is 14.0. The molecule has 2 amide bonds. The van der Waals surface area contributed by atoms with Crippen molar-refractivity contribution in [1.29, 1.82) is 0 Å². The van der Waals surface area contributed by atoms with Crippen LogP contribution in [0.2, 0.25) is 0 Å². The molecule has 2 saturated heterocycles. The van der Waals surface area contributed by atoms with Crippen LogP contribution in [0.3, 0.4) is 0 Å². The Labute approximate surface area is 222 Å². The van der Waals surface area contributed by atoms with E-state index >= 15 is 0 Å². The molecule has 38 heavy (non-hydrogen) atoms. The minimum absolute atomic E-state index is 0.114. The molecule has 1 saturated carbocycles. The van der Waals surface area contributed by atoms with Crippen LogP contribution in [0.15, 0.2) is 64.2 Å². The molecule has 3 aromatic rings. The summed E-state index contributed by atoms with van der Waals surface area (Å²) < 4.78 is 11.1. The number of carbonyl (C=O) groups is 2. The number of likely N-dealkylation sites (tertiary alicyclic amines) is 1. The van der Waals surface area contributed by atoms with Crippen molar-refractivity contribution in [3.8, 4) is 11.1 Å². The number of amides is 2. The highest BCUT2D eigenvalue weighted by Crippen LogP contribution is 2.41. The first-order valence-corrected chi connectivity index (χ1v) is 14.0. The highest BCUT2D eigenvalue weighted by molar-refractivity contribution is 6.15. The summed E-state index contributed by atoms with van der Waals surface area (Å²) >= 11 is 0. The Balaban J connectivity index is 1.12. The maximum absolute atomic E-state index is 13.8. The van der Waals surface area contributed by atoms with Crippen molar-refractivity contribution in [3.63, 3.8) is 0 Å². The van der Waals surface area contributed by atoms with Gasteiger partial charge in [0.15, 0.2) is 0 Å². The standard InChI is InChI=1S/C31H33N3O4/c35-29(27-4-3-16-37-27)33-15-11-21(19-33)20-34-28(32-31(30(34)36)13-1-2-14-31)23-7-5-22(6-8-23)24-9-10-26-25(18-24)12-17-38-26/h5-10,12,17-18,21,27H,1-4,11,13-16,19-20H2/t21-,27+/m1/s1. The number of amidine groups is 1. The maximum Gasteiger partial charge on any atom is 0.256 e. The molecule has 1 aliphatic carbocycles. The van der Waals surface area contributed by atoms with Crippen molar-refractivity contribution in [1.82, 2.24) is 9.80 Å². The van der Waals surface area contributed by atoms with Crippen LogP contribution in [0.1, 0.15) is 50.5 Å². The second-order valence-corrected chi connectivity index (χ2v) is 11.3. The fraction of sp³-hybridized carbons (Fsp3) is 0.452. The molecule has 3 aliphatic heterocycles. The summed E-state index contributed by atoms with van der Waals surface area (Å²) in [6, 6.07) is 16.6. The third-order valence-electron chi connectivity index (χ3n) is 8.82. The van der Waals surface area contributed by atoms with Crippen molar-refractivity contribution in [2.24, 2.45) is 10.9 Å². The Morgan fingerprint density at radius 3 is 2.55 bits per heavy atom. The van der Waals surface area contributed by atoms with Crippen LogP contribution in [-0.4, -0.2) is 65.3 Å². The van der Waals surface area contributed by atoms with E-state index in [4.69, 9.17) is 14.1 Å². The summed E-state index contributed by atoms with van der Waals surface area (Å²) in [4.78, 5) is 35.7. The smallest absolute Gasteiger partial charge is 0.256 e. The topological polar surface area (TPSA) is 75.3 Å². The minimum atomic E-state index is -0.605. The zero-order valence-corrected chi connectivity index (χ0v) is 21.6. The number of aliphatic imine (C=N–C) groups is 1. The zero-order chi connectivity index (χ0) is 25.7. The molecule has 2 atom stereocenters. The molecular weight excluding hydrogens is 478 g/mol. The lowest BCUT2D eigenvalue weighted by Crippen LogP contribution is -2.44. The Morgan fingerprint density at radius 1 is 0.974 bits per heavy atom. The normalized spacial score (nSPS) is 24.7. The first kappa shape index (κ1) is 23.7. The molecule has 3 fully saturated rings. The van der Waals surface area contributed by atoms with E-state index in [1.54, 1.807) is 6.26 Å². The van der Waals surface area contributed by atoms with Crippen LogP contribution >= 0.6 is 0 Å². The zero-order valence-electron chi connectivity index (χ0n) is 21.6. The van der Waals surface area contributed by atoms with E-state index in [9.17, 15) is 9.59 Å². The van der Waals surface area contributed by atoms with Gasteiger partial charge in [-0.2, -0.15) is 0 Å². The number of nitrogens with zero attached hydrogens (tertiary/aromatic N) is 3. The van der Waals surface area contributed by atoms with Crippen LogP contribution in [0.25, 0.3) is 22.1 Å². The maximum atomic E-state index is 13.8. The molecule has 7 nitrogen and oxygen atoms in total. The number of hydrogen-bond acceptors (Lipinski definition) is 5. The van der Waals surface area contributed by atoms with E-state index < -0.39 is 5.54 Å². The van der Waals surface area contributed by atoms with Gasteiger partial charge in [-0.1, -0.05) is 43.2 Å². The molecule has 4 aliphatic rings. The molecule has 4 heterocycles. The van der Waals surface area contributed by atoms with E-state index in [-0.39, 0.29) is 23.8 Å². The third kappa shape index (κ3) is 4.04. The van der Waals surface area contributed by atoms with Gasteiger partial charge in [-0.05, 0) is 67.3 Å². The average Bonchev–Trinajstić information content (AvgIpc) is 3.78. The Kier molecular flexibility index (Phi) is 5.84. The van der Waals surface area contributed by atoms with Crippen molar-refractivity contribution < 1.29 is 18.7 Å². The highest BCUT2D eigenvalue weighted by Gasteiger charge is 2.50. The van der Waals surface area contributed by atoms with Crippen LogP contribution in [0, 0.1) is 5.92 Å². The number of carbonyl (C=O) groups excluding carboxylic acids is 2. The molecule has 0 unspecified atom stereocenters. The predicted octanol–water partition coefficient (Wildman–Crippen LogP) is 5.03. The molecule has 7 rings (SSSR count). The Bertz CT molecular complexity index is 1400. The minimum Gasteiger partial charge on any atom is -0.464 e. The quantitative estimate of drug-likeness (QED) is 0.482. The lowest BCUT2D eigenvalue weighted by atomic mass is 9.97. The van der Waals surface area contributed by atoms with E-state index in [1.807, 2.05) is 21.9 Å². The lowest BCUT2D eigenvalue weighted by Gasteiger charge is -2.26. The molecule has 2 aromatic carbocycles. The van der Waals surface area contributed by atoms with E-state index in [0.717, 1.165) is 85.0 Å². The monoisotopic (exact) mass is 511 g/mol. The number of furan rings is 1. The van der Waals surface area contributed by atoms with E-state index in [0.29, 0.717) is 19.7 Å². The van der Waals surface area contributed by atoms with Gasteiger partial charge in [0.05, 0.1) is 6.26 Å². The van der Waals surface area contributed by atoms with Gasteiger partial charge in [0.25, 0.3) is 11.8 Å². The van der Waals surface area contributed by atoms with Crippen molar-refractivity contribution >= 4 is 28.6 Å². The third-order valence-corrected chi connectivity index (χ3v) is 8.82. The SMILES string of the molecule is O=C([C@@H]1CCCO1)N1CC[C@@H](CN2C(=O)C3(CCCC3)N=C2c2ccc(-c3ccc4occc4c3)cc2)C1. The van der Waals surface area contributed by atoms with E-state index in [1.165, 1.54) is 0 Å². The van der Waals surface area contributed by atoms with Gasteiger partial charge >= 0.3 is 0 Å². The second kappa shape index (κ2) is 9.38. The van der Waals surface area contributed by atoms with Crippen LogP contribution in [-0.2, 0) is 14.3 Å². The van der Waals surface area contributed by atoms with Crippen LogP contribution < -0.4 is 0 Å². The molecule has 1 aromatic heterocycles. The fourth-order valence-electron chi connectivity index (χ4n) is 6.71. The van der Waals surface area contributed by atoms with Gasteiger partial charge in [-0.3, -0.25) is 19.5 Å². The summed E-state index contributed by atoms with van der Waals surface area (Å²) in [5.41, 5.74) is 3.49. The van der Waals surface area contributed by atoms with Crippen LogP contribution in [0.4, 0.5) is 0 Å². The largest absolute Gasteiger partial charge is 0.464 e. The molecule has 0 bridgehead atoms. The lowest BCUT2D eigenvalue weighted by molar-refractivity contribution is -0.139. The van der Waals surface area contributed by atoms with E-state index in [2.05, 4.69) is 36.4 Å². The Morgan fingerprint density at radius 2 is 1.76 bits per heavy atom. The van der Waals surface area contributed by atoms with Crippen molar-refractivity contribution in [2.45, 2.75) is 56.6 Å². The first-order chi connectivity index (χ1) is 18.6. The summed E-state index contributed by atoms with van der Waals surface area (Å²) in [5.74, 6) is 1.29. The van der Waals surface area contributed by atoms with Crippen molar-refractivity contribution in [3.05, 3.63) is 60.4 Å². The molecule has 0 N–H and O–H groups in total. The number of rotatable bonds is 5. The summed E-state index contributed by atoms with van der Waals surface area (Å²) in [6.07, 6.45) is 7.82.